The SMILES string of the molecule is CCOc1ccc(-c2noc(C3CCCO3)n2)cc1F. The second-order valence-electron chi connectivity index (χ2n) is 4.54. The minimum Gasteiger partial charge on any atom is -0.491 e. The van der Waals surface area contributed by atoms with Crippen molar-refractivity contribution >= 4 is 0 Å². The predicted octanol–water partition coefficient (Wildman–Crippen LogP) is 3.13. The molecule has 0 bridgehead atoms. The summed E-state index contributed by atoms with van der Waals surface area (Å²) in [5.41, 5.74) is 0.555. The minimum atomic E-state index is -0.437. The molecule has 106 valence electrons. The van der Waals surface area contributed by atoms with E-state index in [4.69, 9.17) is 14.0 Å². The molecular formula is C14H15FN2O3. The molecule has 1 aliphatic rings. The number of hydrogen-bond acceptors (Lipinski definition) is 5. The number of aromatic nitrogens is 2. The predicted molar refractivity (Wildman–Crippen MR) is 68.8 cm³/mol. The van der Waals surface area contributed by atoms with E-state index in [2.05, 4.69) is 10.1 Å². The molecule has 1 saturated heterocycles. The van der Waals surface area contributed by atoms with Crippen LogP contribution in [0.4, 0.5) is 4.39 Å². The lowest BCUT2D eigenvalue weighted by Crippen LogP contribution is -1.96. The van der Waals surface area contributed by atoms with E-state index < -0.39 is 5.82 Å². The summed E-state index contributed by atoms with van der Waals surface area (Å²) in [5.74, 6) is 0.594. The van der Waals surface area contributed by atoms with Crippen molar-refractivity contribution in [2.45, 2.75) is 25.9 Å². The third-order valence-electron chi connectivity index (χ3n) is 3.14. The number of rotatable bonds is 4. The van der Waals surface area contributed by atoms with Gasteiger partial charge in [0.05, 0.1) is 6.61 Å². The Morgan fingerprint density at radius 1 is 1.45 bits per heavy atom. The van der Waals surface area contributed by atoms with Crippen LogP contribution >= 0.6 is 0 Å². The zero-order valence-corrected chi connectivity index (χ0v) is 11.1. The molecule has 0 radical (unpaired) electrons. The van der Waals surface area contributed by atoms with Crippen LogP contribution in [0.1, 0.15) is 31.8 Å². The van der Waals surface area contributed by atoms with E-state index in [1.54, 1.807) is 19.1 Å². The maximum atomic E-state index is 13.8. The van der Waals surface area contributed by atoms with Gasteiger partial charge >= 0.3 is 0 Å². The summed E-state index contributed by atoms with van der Waals surface area (Å²) in [4.78, 5) is 4.27. The van der Waals surface area contributed by atoms with Gasteiger partial charge in [0.15, 0.2) is 11.6 Å². The zero-order chi connectivity index (χ0) is 13.9. The monoisotopic (exact) mass is 278 g/mol. The van der Waals surface area contributed by atoms with Crippen LogP contribution in [-0.4, -0.2) is 23.4 Å². The Hall–Kier alpha value is -1.95. The first-order chi connectivity index (χ1) is 9.78. The van der Waals surface area contributed by atoms with Gasteiger partial charge < -0.3 is 14.0 Å². The van der Waals surface area contributed by atoms with Gasteiger partial charge in [0.25, 0.3) is 5.89 Å². The maximum absolute atomic E-state index is 13.8. The van der Waals surface area contributed by atoms with Gasteiger partial charge in [0.2, 0.25) is 5.82 Å². The minimum absolute atomic E-state index is 0.135. The Morgan fingerprint density at radius 3 is 3.05 bits per heavy atom. The van der Waals surface area contributed by atoms with Crippen molar-refractivity contribution in [3.8, 4) is 17.1 Å². The Morgan fingerprint density at radius 2 is 2.35 bits per heavy atom. The second kappa shape index (κ2) is 5.58. The van der Waals surface area contributed by atoms with E-state index in [0.717, 1.165) is 12.8 Å². The van der Waals surface area contributed by atoms with E-state index in [9.17, 15) is 4.39 Å². The molecule has 5 nitrogen and oxygen atoms in total. The van der Waals surface area contributed by atoms with Crippen molar-refractivity contribution in [1.29, 1.82) is 0 Å². The number of halogens is 1. The summed E-state index contributed by atoms with van der Waals surface area (Å²) in [6, 6.07) is 4.61. The normalized spacial score (nSPS) is 18.4. The Bertz CT molecular complexity index is 594. The molecule has 2 heterocycles. The molecule has 2 aromatic rings. The standard InChI is InChI=1S/C14H15FN2O3/c1-2-18-11-6-5-9(8-10(11)15)13-16-14(20-17-13)12-4-3-7-19-12/h5-6,8,12H,2-4,7H2,1H3. The van der Waals surface area contributed by atoms with Gasteiger partial charge in [0.1, 0.15) is 6.10 Å². The van der Waals surface area contributed by atoms with Crippen LogP contribution in [0.15, 0.2) is 22.7 Å². The topological polar surface area (TPSA) is 57.4 Å². The quantitative estimate of drug-likeness (QED) is 0.860. The van der Waals surface area contributed by atoms with E-state index in [1.165, 1.54) is 6.07 Å². The fraction of sp³-hybridized carbons (Fsp3) is 0.429. The first-order valence-electron chi connectivity index (χ1n) is 6.66. The molecule has 0 N–H and O–H groups in total. The maximum Gasteiger partial charge on any atom is 0.256 e. The van der Waals surface area contributed by atoms with Crippen LogP contribution in [0.3, 0.4) is 0 Å². The van der Waals surface area contributed by atoms with Crippen LogP contribution in [0.2, 0.25) is 0 Å². The smallest absolute Gasteiger partial charge is 0.256 e. The third-order valence-corrected chi connectivity index (χ3v) is 3.14. The summed E-state index contributed by atoms with van der Waals surface area (Å²) in [7, 11) is 0. The van der Waals surface area contributed by atoms with Gasteiger partial charge in [-0.05, 0) is 38.0 Å². The van der Waals surface area contributed by atoms with Crippen molar-refractivity contribution in [2.24, 2.45) is 0 Å². The Kier molecular flexibility index (Phi) is 3.64. The molecule has 1 fully saturated rings. The molecule has 1 atom stereocenters. The molecular weight excluding hydrogens is 263 g/mol. The Balaban J connectivity index is 1.83. The summed E-state index contributed by atoms with van der Waals surface area (Å²) >= 11 is 0. The van der Waals surface area contributed by atoms with Crippen molar-refractivity contribution in [1.82, 2.24) is 10.1 Å². The molecule has 1 unspecified atom stereocenters. The van der Waals surface area contributed by atoms with Gasteiger partial charge in [-0.1, -0.05) is 5.16 Å². The highest BCUT2D eigenvalue weighted by Gasteiger charge is 2.24. The number of nitrogens with zero attached hydrogens (tertiary/aromatic N) is 2. The highest BCUT2D eigenvalue weighted by atomic mass is 19.1. The second-order valence-corrected chi connectivity index (χ2v) is 4.54. The van der Waals surface area contributed by atoms with E-state index >= 15 is 0 Å². The lowest BCUT2D eigenvalue weighted by Gasteiger charge is -2.04. The fourth-order valence-electron chi connectivity index (χ4n) is 2.17. The van der Waals surface area contributed by atoms with Crippen molar-refractivity contribution in [3.63, 3.8) is 0 Å². The van der Waals surface area contributed by atoms with Crippen molar-refractivity contribution in [2.75, 3.05) is 13.2 Å². The largest absolute Gasteiger partial charge is 0.491 e. The van der Waals surface area contributed by atoms with Crippen LogP contribution in [0.5, 0.6) is 5.75 Å². The van der Waals surface area contributed by atoms with Crippen LogP contribution in [0, 0.1) is 5.82 Å². The average molecular weight is 278 g/mol. The average Bonchev–Trinajstić information content (AvgIpc) is 3.11. The van der Waals surface area contributed by atoms with Gasteiger partial charge in [-0.25, -0.2) is 4.39 Å². The van der Waals surface area contributed by atoms with E-state index in [0.29, 0.717) is 30.5 Å². The van der Waals surface area contributed by atoms with Crippen LogP contribution < -0.4 is 4.74 Å². The molecule has 1 aliphatic heterocycles. The van der Waals surface area contributed by atoms with Gasteiger partial charge in [-0.3, -0.25) is 0 Å². The van der Waals surface area contributed by atoms with E-state index in [-0.39, 0.29) is 11.9 Å². The van der Waals surface area contributed by atoms with Gasteiger partial charge in [-0.2, -0.15) is 4.98 Å². The summed E-state index contributed by atoms with van der Waals surface area (Å²) in [6.45, 7) is 2.93. The molecule has 0 spiro atoms. The van der Waals surface area contributed by atoms with Crippen molar-refractivity contribution < 1.29 is 18.4 Å². The molecule has 0 saturated carbocycles. The van der Waals surface area contributed by atoms with E-state index in [1.807, 2.05) is 0 Å². The fourth-order valence-corrected chi connectivity index (χ4v) is 2.17. The third kappa shape index (κ3) is 2.51. The molecule has 0 aliphatic carbocycles. The highest BCUT2D eigenvalue weighted by Crippen LogP contribution is 2.29. The molecule has 0 amide bonds. The lowest BCUT2D eigenvalue weighted by atomic mass is 10.2. The summed E-state index contributed by atoms with van der Waals surface area (Å²) in [5, 5.41) is 3.87. The number of hydrogen-bond donors (Lipinski definition) is 0. The molecule has 1 aromatic carbocycles. The molecule has 3 rings (SSSR count). The highest BCUT2D eigenvalue weighted by molar-refractivity contribution is 5.56. The van der Waals surface area contributed by atoms with Crippen molar-refractivity contribution in [3.05, 3.63) is 29.9 Å². The van der Waals surface area contributed by atoms with Crippen LogP contribution in [0.25, 0.3) is 11.4 Å². The van der Waals surface area contributed by atoms with Crippen LogP contribution in [-0.2, 0) is 4.74 Å². The lowest BCUT2D eigenvalue weighted by molar-refractivity contribution is 0.0835. The summed E-state index contributed by atoms with van der Waals surface area (Å²) < 4.78 is 29.6. The first kappa shape index (κ1) is 13.1. The van der Waals surface area contributed by atoms with Gasteiger partial charge in [0, 0.05) is 12.2 Å². The molecule has 1 aromatic heterocycles. The number of ether oxygens (including phenoxy) is 2. The molecule has 6 heteroatoms. The number of benzene rings is 1. The molecule has 20 heavy (non-hydrogen) atoms. The summed E-state index contributed by atoms with van der Waals surface area (Å²) in [6.07, 6.45) is 1.73. The van der Waals surface area contributed by atoms with Gasteiger partial charge in [-0.15, -0.1) is 0 Å². The Labute approximate surface area is 115 Å². The first-order valence-corrected chi connectivity index (χ1v) is 6.66. The zero-order valence-electron chi connectivity index (χ0n) is 11.1.